The van der Waals surface area contributed by atoms with E-state index in [0.717, 1.165) is 16.9 Å². The monoisotopic (exact) mass is 299 g/mol. The molecule has 0 radical (unpaired) electrons. The summed E-state index contributed by atoms with van der Waals surface area (Å²) in [5, 5.41) is 12.3. The first-order valence-corrected chi connectivity index (χ1v) is 7.26. The SMILES string of the molecule is Cc1ccc(NCCOc2cccc(C)c2C)c(C(=O)O)c1. The smallest absolute Gasteiger partial charge is 0.337 e. The van der Waals surface area contributed by atoms with Gasteiger partial charge in [-0.1, -0.05) is 23.8 Å². The maximum absolute atomic E-state index is 11.2. The molecule has 0 aliphatic carbocycles. The first kappa shape index (κ1) is 15.9. The minimum Gasteiger partial charge on any atom is -0.491 e. The minimum atomic E-state index is -0.929. The van der Waals surface area contributed by atoms with E-state index in [0.29, 0.717) is 18.8 Å². The number of carboxylic acid groups (broad SMARTS) is 1. The second-order valence-electron chi connectivity index (χ2n) is 5.33. The van der Waals surface area contributed by atoms with Crippen molar-refractivity contribution >= 4 is 11.7 Å². The summed E-state index contributed by atoms with van der Waals surface area (Å²) >= 11 is 0. The fraction of sp³-hybridized carbons (Fsp3) is 0.278. The minimum absolute atomic E-state index is 0.284. The van der Waals surface area contributed by atoms with Crippen LogP contribution in [0.15, 0.2) is 36.4 Å². The average Bonchev–Trinajstić information content (AvgIpc) is 2.48. The largest absolute Gasteiger partial charge is 0.491 e. The predicted molar refractivity (Wildman–Crippen MR) is 88.0 cm³/mol. The van der Waals surface area contributed by atoms with Crippen LogP contribution in [0, 0.1) is 20.8 Å². The molecule has 2 N–H and O–H groups in total. The van der Waals surface area contributed by atoms with Gasteiger partial charge in [-0.3, -0.25) is 0 Å². The Kier molecular flexibility index (Phi) is 5.04. The van der Waals surface area contributed by atoms with Crippen LogP contribution in [-0.4, -0.2) is 24.2 Å². The topological polar surface area (TPSA) is 58.6 Å². The molecule has 0 aliphatic rings. The Balaban J connectivity index is 1.94. The van der Waals surface area contributed by atoms with Crippen molar-refractivity contribution in [1.29, 1.82) is 0 Å². The van der Waals surface area contributed by atoms with Crippen LogP contribution in [0.5, 0.6) is 5.75 Å². The molecule has 0 aromatic heterocycles. The predicted octanol–water partition coefficient (Wildman–Crippen LogP) is 3.80. The molecule has 0 spiro atoms. The van der Waals surface area contributed by atoms with Gasteiger partial charge in [0, 0.05) is 12.2 Å². The van der Waals surface area contributed by atoms with Gasteiger partial charge in [0.1, 0.15) is 12.4 Å². The van der Waals surface area contributed by atoms with Crippen LogP contribution in [0.25, 0.3) is 0 Å². The van der Waals surface area contributed by atoms with E-state index in [2.05, 4.69) is 5.32 Å². The molecular formula is C18H21NO3. The molecule has 4 nitrogen and oxygen atoms in total. The third-order valence-corrected chi connectivity index (χ3v) is 3.64. The number of rotatable bonds is 6. The Bertz CT molecular complexity index is 680. The molecule has 4 heteroatoms. The van der Waals surface area contributed by atoms with Crippen molar-refractivity contribution in [3.8, 4) is 5.75 Å². The van der Waals surface area contributed by atoms with Crippen molar-refractivity contribution in [1.82, 2.24) is 0 Å². The van der Waals surface area contributed by atoms with E-state index in [1.54, 1.807) is 12.1 Å². The summed E-state index contributed by atoms with van der Waals surface area (Å²) in [7, 11) is 0. The maximum atomic E-state index is 11.2. The summed E-state index contributed by atoms with van der Waals surface area (Å²) < 4.78 is 5.75. The van der Waals surface area contributed by atoms with Crippen LogP contribution in [0.4, 0.5) is 5.69 Å². The van der Waals surface area contributed by atoms with E-state index in [4.69, 9.17) is 4.74 Å². The standard InChI is InChI=1S/C18H21NO3/c1-12-7-8-16(15(11-12)18(20)21)19-9-10-22-17-6-4-5-13(2)14(17)3/h4-8,11,19H,9-10H2,1-3H3,(H,20,21). The summed E-state index contributed by atoms with van der Waals surface area (Å²) in [5.74, 6) is -0.0641. The van der Waals surface area contributed by atoms with Crippen LogP contribution >= 0.6 is 0 Å². The molecule has 0 bridgehead atoms. The number of nitrogens with one attached hydrogen (secondary N) is 1. The molecule has 0 amide bonds. The Morgan fingerprint density at radius 2 is 1.95 bits per heavy atom. The number of aromatic carboxylic acids is 1. The molecule has 0 aliphatic heterocycles. The van der Waals surface area contributed by atoms with Gasteiger partial charge in [-0.2, -0.15) is 0 Å². The van der Waals surface area contributed by atoms with Gasteiger partial charge in [0.05, 0.1) is 5.56 Å². The maximum Gasteiger partial charge on any atom is 0.337 e. The lowest BCUT2D eigenvalue weighted by Crippen LogP contribution is -2.14. The zero-order chi connectivity index (χ0) is 16.1. The van der Waals surface area contributed by atoms with Crippen molar-refractivity contribution in [3.05, 3.63) is 58.7 Å². The number of anilines is 1. The summed E-state index contributed by atoms with van der Waals surface area (Å²) in [6, 6.07) is 11.3. The second kappa shape index (κ2) is 6.98. The lowest BCUT2D eigenvalue weighted by molar-refractivity contribution is 0.0698. The van der Waals surface area contributed by atoms with Crippen molar-refractivity contribution in [2.75, 3.05) is 18.5 Å². The van der Waals surface area contributed by atoms with Crippen molar-refractivity contribution < 1.29 is 14.6 Å². The molecule has 2 rings (SSSR count). The van der Waals surface area contributed by atoms with E-state index in [-0.39, 0.29) is 5.56 Å². The molecule has 0 heterocycles. The van der Waals surface area contributed by atoms with Gasteiger partial charge in [-0.25, -0.2) is 4.79 Å². The molecule has 116 valence electrons. The Morgan fingerprint density at radius 3 is 2.68 bits per heavy atom. The van der Waals surface area contributed by atoms with Gasteiger partial charge in [-0.05, 0) is 50.1 Å². The van der Waals surface area contributed by atoms with Crippen molar-refractivity contribution in [2.45, 2.75) is 20.8 Å². The lowest BCUT2D eigenvalue weighted by Gasteiger charge is -2.13. The number of carboxylic acids is 1. The first-order valence-electron chi connectivity index (χ1n) is 7.26. The highest BCUT2D eigenvalue weighted by molar-refractivity contribution is 5.94. The van der Waals surface area contributed by atoms with Crippen LogP contribution in [0.1, 0.15) is 27.0 Å². The summed E-state index contributed by atoms with van der Waals surface area (Å²) in [6.07, 6.45) is 0. The van der Waals surface area contributed by atoms with Gasteiger partial charge in [0.25, 0.3) is 0 Å². The third-order valence-electron chi connectivity index (χ3n) is 3.64. The number of carbonyl (C=O) groups is 1. The van der Waals surface area contributed by atoms with Gasteiger partial charge < -0.3 is 15.2 Å². The first-order chi connectivity index (χ1) is 10.5. The van der Waals surface area contributed by atoms with Gasteiger partial charge >= 0.3 is 5.97 Å². The highest BCUT2D eigenvalue weighted by atomic mass is 16.5. The van der Waals surface area contributed by atoms with E-state index in [1.807, 2.05) is 45.0 Å². The van der Waals surface area contributed by atoms with Gasteiger partial charge in [0.15, 0.2) is 0 Å². The molecule has 0 unspecified atom stereocenters. The number of benzene rings is 2. The Labute approximate surface area is 130 Å². The third kappa shape index (κ3) is 3.79. The van der Waals surface area contributed by atoms with E-state index < -0.39 is 5.97 Å². The number of ether oxygens (including phenoxy) is 1. The Hall–Kier alpha value is -2.49. The normalized spacial score (nSPS) is 10.3. The summed E-state index contributed by atoms with van der Waals surface area (Å²) in [4.78, 5) is 11.2. The highest BCUT2D eigenvalue weighted by Crippen LogP contribution is 2.21. The summed E-state index contributed by atoms with van der Waals surface area (Å²) in [6.45, 7) is 6.96. The molecule has 0 saturated heterocycles. The highest BCUT2D eigenvalue weighted by Gasteiger charge is 2.09. The van der Waals surface area contributed by atoms with Crippen molar-refractivity contribution in [3.63, 3.8) is 0 Å². The molecule has 0 saturated carbocycles. The molecule has 0 atom stereocenters. The molecule has 22 heavy (non-hydrogen) atoms. The zero-order valence-corrected chi connectivity index (χ0v) is 13.1. The molecule has 2 aromatic carbocycles. The zero-order valence-electron chi connectivity index (χ0n) is 13.1. The summed E-state index contributed by atoms with van der Waals surface area (Å²) in [5.41, 5.74) is 4.14. The quantitative estimate of drug-likeness (QED) is 0.797. The fourth-order valence-corrected chi connectivity index (χ4v) is 2.22. The second-order valence-corrected chi connectivity index (χ2v) is 5.33. The lowest BCUT2D eigenvalue weighted by atomic mass is 10.1. The molecular weight excluding hydrogens is 278 g/mol. The number of hydrogen-bond donors (Lipinski definition) is 2. The van der Waals surface area contributed by atoms with Crippen LogP contribution < -0.4 is 10.1 Å². The fourth-order valence-electron chi connectivity index (χ4n) is 2.22. The van der Waals surface area contributed by atoms with Crippen LogP contribution in [0.3, 0.4) is 0 Å². The van der Waals surface area contributed by atoms with Crippen molar-refractivity contribution in [2.24, 2.45) is 0 Å². The Morgan fingerprint density at radius 1 is 1.18 bits per heavy atom. The molecule has 0 fully saturated rings. The van der Waals surface area contributed by atoms with E-state index >= 15 is 0 Å². The van der Waals surface area contributed by atoms with Gasteiger partial charge in [-0.15, -0.1) is 0 Å². The number of aryl methyl sites for hydroxylation is 2. The van der Waals surface area contributed by atoms with Crippen LogP contribution in [-0.2, 0) is 0 Å². The van der Waals surface area contributed by atoms with E-state index in [9.17, 15) is 9.90 Å². The van der Waals surface area contributed by atoms with E-state index in [1.165, 1.54) is 5.56 Å². The molecule has 2 aromatic rings. The van der Waals surface area contributed by atoms with Crippen LogP contribution in [0.2, 0.25) is 0 Å². The average molecular weight is 299 g/mol. The van der Waals surface area contributed by atoms with Gasteiger partial charge in [0.2, 0.25) is 0 Å². The number of hydrogen-bond acceptors (Lipinski definition) is 3.